The number of hydrogen-bond donors (Lipinski definition) is 2. The molecule has 1 aliphatic rings. The highest BCUT2D eigenvalue weighted by atomic mass is 31.1. The SMILES string of the molecule is C[C@H](NC(=O)c1ccccc1C1n2c(=O)c3ccccc3c(=O)n2[C@H](c2ccccc2C(=O)N[C@@H](C)c2ccccc2)P1c1ccccc1)c1ccccc1. The zero-order valence-corrected chi connectivity index (χ0v) is 31.3. The average Bonchev–Trinajstić information content (AvgIpc) is 3.60. The molecule has 0 aliphatic carbocycles. The molecule has 2 amide bonds. The van der Waals surface area contributed by atoms with Crippen molar-refractivity contribution in [2.75, 3.05) is 0 Å². The van der Waals surface area contributed by atoms with Crippen LogP contribution in [0.3, 0.4) is 0 Å². The number of carbonyl (C=O) groups is 2. The monoisotopic (exact) mass is 742 g/mol. The summed E-state index contributed by atoms with van der Waals surface area (Å²) < 4.78 is 3.12. The van der Waals surface area contributed by atoms with Gasteiger partial charge in [-0.3, -0.25) is 19.2 Å². The summed E-state index contributed by atoms with van der Waals surface area (Å²) in [5.74, 6) is -2.09. The van der Waals surface area contributed by atoms with Crippen molar-refractivity contribution >= 4 is 35.8 Å². The molecule has 0 spiro atoms. The molecule has 8 rings (SSSR count). The van der Waals surface area contributed by atoms with E-state index in [0.717, 1.165) is 16.4 Å². The van der Waals surface area contributed by atoms with E-state index < -0.39 is 19.5 Å². The zero-order valence-electron chi connectivity index (χ0n) is 30.4. The van der Waals surface area contributed by atoms with Crippen molar-refractivity contribution in [2.24, 2.45) is 0 Å². The van der Waals surface area contributed by atoms with E-state index in [0.29, 0.717) is 33.0 Å². The Balaban J connectivity index is 1.35. The molecule has 0 saturated heterocycles. The quantitative estimate of drug-likeness (QED) is 0.146. The predicted octanol–water partition coefficient (Wildman–Crippen LogP) is 8.06. The first kappa shape index (κ1) is 35.6. The van der Waals surface area contributed by atoms with Crippen LogP contribution in [0.2, 0.25) is 0 Å². The Hall–Kier alpha value is -6.37. The molecule has 7 aromatic rings. The second-order valence-corrected chi connectivity index (χ2v) is 16.0. The molecule has 9 heteroatoms. The molecular formula is C46H39N4O4P. The van der Waals surface area contributed by atoms with Crippen LogP contribution in [0.5, 0.6) is 0 Å². The number of rotatable bonds is 9. The van der Waals surface area contributed by atoms with Gasteiger partial charge in [-0.05, 0) is 73.6 Å². The van der Waals surface area contributed by atoms with Gasteiger partial charge < -0.3 is 10.6 Å². The third-order valence-electron chi connectivity index (χ3n) is 10.3. The summed E-state index contributed by atoms with van der Waals surface area (Å²) in [6, 6.07) is 50.2. The summed E-state index contributed by atoms with van der Waals surface area (Å²) in [4.78, 5) is 58.5. The molecule has 0 radical (unpaired) electrons. The lowest BCUT2D eigenvalue weighted by Crippen LogP contribution is -2.38. The number of nitrogens with zero attached hydrogens (tertiary/aromatic N) is 2. The van der Waals surface area contributed by atoms with Gasteiger partial charge in [-0.2, -0.15) is 0 Å². The van der Waals surface area contributed by atoms with Crippen molar-refractivity contribution in [3.63, 3.8) is 0 Å². The van der Waals surface area contributed by atoms with Gasteiger partial charge in [-0.1, -0.05) is 140 Å². The van der Waals surface area contributed by atoms with Gasteiger partial charge >= 0.3 is 0 Å². The van der Waals surface area contributed by atoms with E-state index in [1.807, 2.05) is 141 Å². The van der Waals surface area contributed by atoms with Crippen LogP contribution >= 0.6 is 7.92 Å². The summed E-state index contributed by atoms with van der Waals surface area (Å²) in [5, 5.41) is 7.83. The smallest absolute Gasteiger partial charge is 0.274 e. The van der Waals surface area contributed by atoms with Crippen molar-refractivity contribution in [3.8, 4) is 0 Å². The number of amides is 2. The van der Waals surface area contributed by atoms with Crippen LogP contribution in [0.25, 0.3) is 10.8 Å². The third kappa shape index (κ3) is 6.59. The van der Waals surface area contributed by atoms with Crippen molar-refractivity contribution in [3.05, 3.63) is 218 Å². The maximum absolute atomic E-state index is 14.9. The third-order valence-corrected chi connectivity index (χ3v) is 13.3. The number of aromatic nitrogens is 2. The van der Waals surface area contributed by atoms with Crippen LogP contribution in [0.4, 0.5) is 0 Å². The van der Waals surface area contributed by atoms with Gasteiger partial charge in [0.1, 0.15) is 11.6 Å². The Morgan fingerprint density at radius 1 is 0.491 bits per heavy atom. The van der Waals surface area contributed by atoms with E-state index in [2.05, 4.69) is 10.6 Å². The first-order valence-electron chi connectivity index (χ1n) is 18.3. The number of nitrogens with one attached hydrogen (secondary N) is 2. The van der Waals surface area contributed by atoms with E-state index in [9.17, 15) is 19.2 Å². The second kappa shape index (κ2) is 15.2. The van der Waals surface area contributed by atoms with Gasteiger partial charge in [0.15, 0.2) is 0 Å². The van der Waals surface area contributed by atoms with Crippen LogP contribution in [-0.4, -0.2) is 21.2 Å². The summed E-state index contributed by atoms with van der Waals surface area (Å²) in [6.07, 6.45) is 0. The van der Waals surface area contributed by atoms with E-state index in [4.69, 9.17) is 0 Å². The summed E-state index contributed by atoms with van der Waals surface area (Å²) in [7, 11) is -1.59. The van der Waals surface area contributed by atoms with Gasteiger partial charge in [0.25, 0.3) is 22.9 Å². The van der Waals surface area contributed by atoms with Crippen LogP contribution in [0, 0.1) is 0 Å². The number of fused-ring (bicyclic) bond motifs is 2. The molecule has 272 valence electrons. The Labute approximate surface area is 319 Å². The van der Waals surface area contributed by atoms with Gasteiger partial charge in [-0.25, -0.2) is 9.36 Å². The molecular weight excluding hydrogens is 704 g/mol. The molecule has 2 unspecified atom stereocenters. The highest BCUT2D eigenvalue weighted by Gasteiger charge is 2.47. The van der Waals surface area contributed by atoms with Crippen molar-refractivity contribution < 1.29 is 9.59 Å². The van der Waals surface area contributed by atoms with E-state index in [-0.39, 0.29) is 35.0 Å². The first-order valence-corrected chi connectivity index (χ1v) is 19.8. The molecule has 0 bridgehead atoms. The fourth-order valence-corrected chi connectivity index (χ4v) is 10.9. The Kier molecular flexibility index (Phi) is 9.83. The van der Waals surface area contributed by atoms with Gasteiger partial charge in [0.05, 0.1) is 22.9 Å². The van der Waals surface area contributed by atoms with Crippen molar-refractivity contribution in [1.29, 1.82) is 0 Å². The number of carbonyl (C=O) groups excluding carboxylic acids is 2. The molecule has 5 atom stereocenters. The van der Waals surface area contributed by atoms with Crippen LogP contribution in [-0.2, 0) is 0 Å². The van der Waals surface area contributed by atoms with E-state index in [1.165, 1.54) is 0 Å². The van der Waals surface area contributed by atoms with Crippen LogP contribution in [0.15, 0.2) is 173 Å². The minimum Gasteiger partial charge on any atom is -0.346 e. The van der Waals surface area contributed by atoms with E-state index in [1.54, 1.807) is 45.8 Å². The largest absolute Gasteiger partial charge is 0.346 e. The molecule has 8 nitrogen and oxygen atoms in total. The Bertz CT molecular complexity index is 2480. The summed E-state index contributed by atoms with van der Waals surface area (Å²) in [6.45, 7) is 3.87. The maximum Gasteiger partial charge on any atom is 0.274 e. The molecule has 1 aliphatic heterocycles. The highest BCUT2D eigenvalue weighted by molar-refractivity contribution is 7.66. The number of hydrogen-bond acceptors (Lipinski definition) is 4. The van der Waals surface area contributed by atoms with Gasteiger partial charge in [0, 0.05) is 11.1 Å². The molecule has 0 fully saturated rings. The topological polar surface area (TPSA) is 102 Å². The Morgan fingerprint density at radius 2 is 0.836 bits per heavy atom. The van der Waals surface area contributed by atoms with Crippen LogP contribution < -0.4 is 27.1 Å². The summed E-state index contributed by atoms with van der Waals surface area (Å²) in [5.41, 5.74) is 3.25. The fraction of sp³-hybridized carbons (Fsp3) is 0.130. The fourth-order valence-electron chi connectivity index (χ4n) is 7.63. The molecule has 1 aromatic heterocycles. The maximum atomic E-state index is 14.9. The van der Waals surface area contributed by atoms with Gasteiger partial charge in [0.2, 0.25) is 0 Å². The van der Waals surface area contributed by atoms with Crippen molar-refractivity contribution in [2.45, 2.75) is 37.5 Å². The first-order chi connectivity index (χ1) is 26.8. The van der Waals surface area contributed by atoms with Crippen molar-refractivity contribution in [1.82, 2.24) is 20.0 Å². The highest BCUT2D eigenvalue weighted by Crippen LogP contribution is 2.65. The minimum atomic E-state index is -1.59. The molecule has 0 saturated carbocycles. The predicted molar refractivity (Wildman–Crippen MR) is 219 cm³/mol. The lowest BCUT2D eigenvalue weighted by Gasteiger charge is -2.28. The number of benzene rings is 6. The lowest BCUT2D eigenvalue weighted by atomic mass is 10.0. The zero-order chi connectivity index (χ0) is 38.1. The minimum absolute atomic E-state index is 0.291. The van der Waals surface area contributed by atoms with Gasteiger partial charge in [-0.15, -0.1) is 0 Å². The molecule has 2 N–H and O–H groups in total. The normalized spacial score (nSPS) is 17.2. The van der Waals surface area contributed by atoms with Crippen LogP contribution in [0.1, 0.15) is 80.5 Å². The standard InChI is InChI=1S/C46H39N4O4P/c1-30(32-18-6-3-7-19-32)47-41(51)35-24-12-16-28-39(35)45-49-43(53)37-26-14-15-27-38(37)44(54)50(49)46(55(45)34-22-10-5-11-23-34)40-29-17-13-25-36(40)42(52)48-31(2)33-20-8-4-9-21-33/h3-31,45-46H,1-2H3,(H,47,51)(H,48,52)/t30-,31-,45-,46?,55?/m0/s1. The molecule has 55 heavy (non-hydrogen) atoms. The summed E-state index contributed by atoms with van der Waals surface area (Å²) >= 11 is 0. The molecule has 6 aromatic carbocycles. The Morgan fingerprint density at radius 3 is 1.25 bits per heavy atom. The average molecular weight is 743 g/mol. The lowest BCUT2D eigenvalue weighted by molar-refractivity contribution is 0.0930. The second-order valence-electron chi connectivity index (χ2n) is 13.7. The molecule has 2 heterocycles. The van der Waals surface area contributed by atoms with E-state index >= 15 is 0 Å².